The second-order valence-electron chi connectivity index (χ2n) is 7.49. The number of aromatic nitrogens is 2. The van der Waals surface area contributed by atoms with Crippen molar-refractivity contribution in [3.63, 3.8) is 0 Å². The Morgan fingerprint density at radius 1 is 1.30 bits per heavy atom. The third-order valence-electron chi connectivity index (χ3n) is 4.41. The summed E-state index contributed by atoms with van der Waals surface area (Å²) in [7, 11) is 1.55. The van der Waals surface area contributed by atoms with E-state index in [-0.39, 0.29) is 24.4 Å². The standard InChI is InChI=1S/C20H27N3O4/c1-13-16(12-22-23(13)20(2,3)4)18(24)21-11-15(19(25)26)10-14-8-6-7-9-17(14)27-5/h6-9,12,15H,10-11H2,1-5H3,(H,21,24)(H,25,26). The fourth-order valence-corrected chi connectivity index (χ4v) is 3.00. The average molecular weight is 373 g/mol. The van der Waals surface area contributed by atoms with Crippen molar-refractivity contribution in [3.05, 3.63) is 47.3 Å². The lowest BCUT2D eigenvalue weighted by Gasteiger charge is -2.21. The molecule has 0 saturated carbocycles. The minimum Gasteiger partial charge on any atom is -0.496 e. The summed E-state index contributed by atoms with van der Waals surface area (Å²) in [6, 6.07) is 7.28. The van der Waals surface area contributed by atoms with E-state index in [0.717, 1.165) is 11.3 Å². The van der Waals surface area contributed by atoms with Gasteiger partial charge >= 0.3 is 5.97 Å². The Kier molecular flexibility index (Phi) is 6.25. The van der Waals surface area contributed by atoms with Crippen molar-refractivity contribution >= 4 is 11.9 Å². The second-order valence-corrected chi connectivity index (χ2v) is 7.49. The number of nitrogens with one attached hydrogen (secondary N) is 1. The van der Waals surface area contributed by atoms with E-state index in [1.54, 1.807) is 17.9 Å². The molecule has 0 bridgehead atoms. The molecule has 0 aliphatic rings. The number of carbonyl (C=O) groups is 2. The second kappa shape index (κ2) is 8.24. The first-order chi connectivity index (χ1) is 12.6. The molecule has 1 atom stereocenters. The van der Waals surface area contributed by atoms with Gasteiger partial charge in [-0.15, -0.1) is 0 Å². The van der Waals surface area contributed by atoms with E-state index in [1.165, 1.54) is 6.20 Å². The number of ether oxygens (including phenoxy) is 1. The lowest BCUT2D eigenvalue weighted by molar-refractivity contribution is -0.141. The summed E-state index contributed by atoms with van der Waals surface area (Å²) in [5, 5.41) is 16.6. The van der Waals surface area contributed by atoms with Gasteiger partial charge in [-0.25, -0.2) is 0 Å². The van der Waals surface area contributed by atoms with Crippen molar-refractivity contribution in [1.82, 2.24) is 15.1 Å². The number of hydrogen-bond donors (Lipinski definition) is 2. The zero-order valence-electron chi connectivity index (χ0n) is 16.4. The van der Waals surface area contributed by atoms with Crippen molar-refractivity contribution in [2.75, 3.05) is 13.7 Å². The molecular formula is C20H27N3O4. The number of hydrogen-bond acceptors (Lipinski definition) is 4. The Balaban J connectivity index is 2.09. The minimum absolute atomic E-state index is 0.0202. The van der Waals surface area contributed by atoms with E-state index in [4.69, 9.17) is 4.74 Å². The number of carboxylic acid groups (broad SMARTS) is 1. The van der Waals surface area contributed by atoms with E-state index in [9.17, 15) is 14.7 Å². The molecule has 1 heterocycles. The van der Waals surface area contributed by atoms with E-state index >= 15 is 0 Å². The van der Waals surface area contributed by atoms with Gasteiger partial charge in [0.2, 0.25) is 0 Å². The van der Waals surface area contributed by atoms with Crippen LogP contribution in [-0.2, 0) is 16.8 Å². The van der Waals surface area contributed by atoms with Gasteiger partial charge in [-0.1, -0.05) is 18.2 Å². The Hall–Kier alpha value is -2.83. The van der Waals surface area contributed by atoms with Gasteiger partial charge in [0.15, 0.2) is 0 Å². The summed E-state index contributed by atoms with van der Waals surface area (Å²) in [5.74, 6) is -1.42. The highest BCUT2D eigenvalue weighted by atomic mass is 16.5. The molecule has 0 fully saturated rings. The molecule has 2 N–H and O–H groups in total. The van der Waals surface area contributed by atoms with Gasteiger partial charge in [-0.3, -0.25) is 14.3 Å². The third-order valence-corrected chi connectivity index (χ3v) is 4.41. The van der Waals surface area contributed by atoms with Crippen molar-refractivity contribution in [2.24, 2.45) is 5.92 Å². The number of carboxylic acids is 1. The molecule has 0 spiro atoms. The molecule has 0 aliphatic heterocycles. The van der Waals surface area contributed by atoms with Crippen molar-refractivity contribution in [2.45, 2.75) is 39.7 Å². The van der Waals surface area contributed by atoms with Crippen molar-refractivity contribution < 1.29 is 19.4 Å². The molecule has 7 nitrogen and oxygen atoms in total. The number of aliphatic carboxylic acids is 1. The van der Waals surface area contributed by atoms with Crippen molar-refractivity contribution in [1.29, 1.82) is 0 Å². The molecule has 2 rings (SSSR count). The molecule has 1 aromatic heterocycles. The van der Waals surface area contributed by atoms with Gasteiger partial charge in [0.25, 0.3) is 5.91 Å². The van der Waals surface area contributed by atoms with Crippen molar-refractivity contribution in [3.8, 4) is 5.75 Å². The first kappa shape index (κ1) is 20.5. The number of benzene rings is 1. The summed E-state index contributed by atoms with van der Waals surface area (Å²) >= 11 is 0. The molecule has 1 amide bonds. The monoisotopic (exact) mass is 373 g/mol. The molecule has 2 aromatic rings. The maximum absolute atomic E-state index is 12.5. The third kappa shape index (κ3) is 4.87. The topological polar surface area (TPSA) is 93.5 Å². The summed E-state index contributed by atoms with van der Waals surface area (Å²) in [6.45, 7) is 7.86. The van der Waals surface area contributed by atoms with Crippen LogP contribution in [0.1, 0.15) is 42.4 Å². The summed E-state index contributed by atoms with van der Waals surface area (Å²) in [6.07, 6.45) is 1.78. The fraction of sp³-hybridized carbons (Fsp3) is 0.450. The van der Waals surface area contributed by atoms with Crippen LogP contribution < -0.4 is 10.1 Å². The van der Waals surface area contributed by atoms with Gasteiger partial charge in [0.1, 0.15) is 5.75 Å². The predicted octanol–water partition coefficient (Wildman–Crippen LogP) is 2.63. The van der Waals surface area contributed by atoms with Gasteiger partial charge < -0.3 is 15.2 Å². The summed E-state index contributed by atoms with van der Waals surface area (Å²) in [4.78, 5) is 24.2. The number of para-hydroxylation sites is 1. The van der Waals surface area contributed by atoms with Gasteiger partial charge in [-0.05, 0) is 45.7 Å². The van der Waals surface area contributed by atoms with Gasteiger partial charge in [0, 0.05) is 12.2 Å². The number of carbonyl (C=O) groups excluding carboxylic acids is 1. The molecule has 0 radical (unpaired) electrons. The Morgan fingerprint density at radius 2 is 1.96 bits per heavy atom. The molecule has 0 aliphatic carbocycles. The van der Waals surface area contributed by atoms with Crippen LogP contribution in [-0.4, -0.2) is 40.4 Å². The van der Waals surface area contributed by atoms with Crippen LogP contribution in [0.15, 0.2) is 30.5 Å². The van der Waals surface area contributed by atoms with Crippen LogP contribution in [0.2, 0.25) is 0 Å². The highest BCUT2D eigenvalue weighted by molar-refractivity contribution is 5.95. The van der Waals surface area contributed by atoms with Gasteiger partial charge in [0.05, 0.1) is 30.3 Å². The number of rotatable bonds is 7. The number of amides is 1. The Labute approximate surface area is 159 Å². The van der Waals surface area contributed by atoms with Crippen LogP contribution in [0.25, 0.3) is 0 Å². The highest BCUT2D eigenvalue weighted by Crippen LogP contribution is 2.21. The predicted molar refractivity (Wildman–Crippen MR) is 102 cm³/mol. The maximum atomic E-state index is 12.5. The van der Waals surface area contributed by atoms with E-state index in [0.29, 0.717) is 11.3 Å². The first-order valence-corrected chi connectivity index (χ1v) is 8.83. The molecule has 27 heavy (non-hydrogen) atoms. The van der Waals surface area contributed by atoms with Crippen LogP contribution in [0.5, 0.6) is 5.75 Å². The molecule has 1 aromatic carbocycles. The fourth-order valence-electron chi connectivity index (χ4n) is 3.00. The zero-order chi connectivity index (χ0) is 20.2. The van der Waals surface area contributed by atoms with Crippen LogP contribution >= 0.6 is 0 Å². The molecule has 146 valence electrons. The Morgan fingerprint density at radius 3 is 2.52 bits per heavy atom. The lowest BCUT2D eigenvalue weighted by atomic mass is 9.98. The molecule has 0 saturated heterocycles. The number of methoxy groups -OCH3 is 1. The Bertz CT molecular complexity index is 821. The van der Waals surface area contributed by atoms with Crippen LogP contribution in [0.4, 0.5) is 0 Å². The van der Waals surface area contributed by atoms with E-state index in [1.807, 2.05) is 45.9 Å². The average Bonchev–Trinajstić information content (AvgIpc) is 3.00. The quantitative estimate of drug-likeness (QED) is 0.778. The smallest absolute Gasteiger partial charge is 0.308 e. The first-order valence-electron chi connectivity index (χ1n) is 8.83. The lowest BCUT2D eigenvalue weighted by Crippen LogP contribution is -2.34. The van der Waals surface area contributed by atoms with Crippen LogP contribution in [0, 0.1) is 12.8 Å². The molecular weight excluding hydrogens is 346 g/mol. The summed E-state index contributed by atoms with van der Waals surface area (Å²) < 4.78 is 7.06. The van der Waals surface area contributed by atoms with Gasteiger partial charge in [-0.2, -0.15) is 5.10 Å². The maximum Gasteiger partial charge on any atom is 0.308 e. The SMILES string of the molecule is COc1ccccc1CC(CNC(=O)c1cnn(C(C)(C)C)c1C)C(=O)O. The van der Waals surface area contributed by atoms with E-state index < -0.39 is 11.9 Å². The van der Waals surface area contributed by atoms with E-state index in [2.05, 4.69) is 10.4 Å². The minimum atomic E-state index is -0.969. The molecule has 7 heteroatoms. The number of nitrogens with zero attached hydrogens (tertiary/aromatic N) is 2. The summed E-state index contributed by atoms with van der Waals surface area (Å²) in [5.41, 5.74) is 1.75. The largest absolute Gasteiger partial charge is 0.496 e. The zero-order valence-corrected chi connectivity index (χ0v) is 16.4. The highest BCUT2D eigenvalue weighted by Gasteiger charge is 2.24. The normalized spacial score (nSPS) is 12.5. The van der Waals surface area contributed by atoms with Crippen LogP contribution in [0.3, 0.4) is 0 Å². The molecule has 1 unspecified atom stereocenters.